The van der Waals surface area contributed by atoms with Gasteiger partial charge in [-0.1, -0.05) is 220 Å². The number of hydrogen-bond donors (Lipinski definition) is 8. The summed E-state index contributed by atoms with van der Waals surface area (Å²) in [4.78, 5) is 68.1. The van der Waals surface area contributed by atoms with Crippen LogP contribution in [0.4, 0.5) is 0 Å². The minimum Gasteiger partial charge on any atom is -0.388 e. The molecule has 23 heteroatoms. The van der Waals surface area contributed by atoms with Gasteiger partial charge >= 0.3 is 15.6 Å². The predicted octanol–water partition coefficient (Wildman–Crippen LogP) is 13.4. The number of carbonyl (C=O) groups is 2. The van der Waals surface area contributed by atoms with Crippen molar-refractivity contribution in [3.8, 4) is 0 Å². The number of carbonyl (C=O) groups excluding carboxylic acids is 2. The van der Waals surface area contributed by atoms with Gasteiger partial charge in [0.25, 0.3) is 0 Å². The summed E-state index contributed by atoms with van der Waals surface area (Å²) in [6.07, 6.45) is 29.3. The molecular weight excluding hydrogens is 1190 g/mol. The van der Waals surface area contributed by atoms with Gasteiger partial charge in [-0.3, -0.25) is 24.0 Å². The van der Waals surface area contributed by atoms with Gasteiger partial charge in [-0.05, 0) is 64.2 Å². The van der Waals surface area contributed by atoms with Crippen LogP contribution in [0.25, 0.3) is 0 Å². The van der Waals surface area contributed by atoms with Gasteiger partial charge in [0.2, 0.25) is 5.91 Å². The summed E-state index contributed by atoms with van der Waals surface area (Å²) in [6.45, 7) is 8.02. The maximum atomic E-state index is 13.7. The number of ether oxygens (including phenoxy) is 7. The molecule has 0 aliphatic carbocycles. The van der Waals surface area contributed by atoms with Crippen LogP contribution in [0.1, 0.15) is 285 Å². The lowest BCUT2D eigenvalue weighted by Crippen LogP contribution is -2.68. The van der Waals surface area contributed by atoms with Gasteiger partial charge in [-0.15, -0.1) is 0 Å². The van der Waals surface area contributed by atoms with Crippen molar-refractivity contribution in [1.82, 2.24) is 10.6 Å². The lowest BCUT2D eigenvalue weighted by molar-refractivity contribution is -0.303. The highest BCUT2D eigenvalue weighted by atomic mass is 31.2. The number of Topliss-reactive ketones (excluding diaryl/α,β-unsaturated/α-hetero) is 1. The summed E-state index contributed by atoms with van der Waals surface area (Å²) >= 11 is 0. The van der Waals surface area contributed by atoms with Crippen molar-refractivity contribution in [3.63, 3.8) is 0 Å². The van der Waals surface area contributed by atoms with Gasteiger partial charge in [0.15, 0.2) is 12.6 Å². The third-order valence-corrected chi connectivity index (χ3v) is 18.0. The zero-order valence-corrected chi connectivity index (χ0v) is 57.9. The number of phosphoric ester groups is 2. The van der Waals surface area contributed by atoms with Gasteiger partial charge in [-0.2, -0.15) is 0 Å². The maximum Gasteiger partial charge on any atom is 0.472 e. The molecule has 2 rings (SSSR count). The number of amides is 1. The quantitative estimate of drug-likeness (QED) is 0.00923. The summed E-state index contributed by atoms with van der Waals surface area (Å²) in [6, 6.07) is -2.72. The molecule has 3 unspecified atom stereocenters. The Morgan fingerprint density at radius 1 is 0.506 bits per heavy atom. The normalized spacial score (nSPS) is 23.3. The zero-order chi connectivity index (χ0) is 65.4. The summed E-state index contributed by atoms with van der Waals surface area (Å²) in [5.74, 6) is -1.08. The molecule has 2 fully saturated rings. The van der Waals surface area contributed by atoms with Crippen molar-refractivity contribution in [2.24, 2.45) is 0 Å². The minimum atomic E-state index is -5.38. The molecule has 0 saturated carbocycles. The standard InChI is InChI=1S/C66H128N2O19P2/c1-7-11-15-19-22-25-26-27-28-29-30-32-34-38-42-46-57(70)67-60-64(82-49-47-54(80-6)45-41-36-18-14-10-4)62(86-88(73,74)75)56(51-79-5)85-65(60)83-52-55-61(72)63(81-48-43-39-35-24-21-17-13-9-3)59(66(84-55)87-89(76,77)78)68-58(71)50-53(69)44-40-37-33-31-23-20-16-12-8-2/h25-26,54-57,59-67,70,72H,7-24,27-52H2,1-6H3,(H,68,71)(H2,73,74,75)(H2,76,77,78)/b26-25-/t54-,55-,56-,57?,59-,60?,61?,62-,63-,64-,65-,66-/m1/s1. The van der Waals surface area contributed by atoms with Crippen molar-refractivity contribution in [2.75, 3.05) is 40.6 Å². The van der Waals surface area contributed by atoms with Gasteiger partial charge in [0.05, 0.1) is 31.8 Å². The number of methoxy groups -OCH3 is 2. The fraction of sp³-hybridized carbons (Fsp3) is 0.939. The predicted molar refractivity (Wildman–Crippen MR) is 348 cm³/mol. The Balaban J connectivity index is 2.45. The molecule has 21 nitrogen and oxygen atoms in total. The Morgan fingerprint density at radius 2 is 0.978 bits per heavy atom. The molecule has 0 bridgehead atoms. The fourth-order valence-corrected chi connectivity index (χ4v) is 12.8. The second kappa shape index (κ2) is 52.9. The van der Waals surface area contributed by atoms with Crippen molar-refractivity contribution in [2.45, 2.75) is 358 Å². The summed E-state index contributed by atoms with van der Waals surface area (Å²) < 4.78 is 79.5. The van der Waals surface area contributed by atoms with E-state index in [1.165, 1.54) is 58.5 Å². The first-order valence-corrected chi connectivity index (χ1v) is 38.2. The van der Waals surface area contributed by atoms with E-state index in [1.807, 2.05) is 0 Å². The van der Waals surface area contributed by atoms with Crippen molar-refractivity contribution in [1.29, 1.82) is 0 Å². The Bertz CT molecular complexity index is 1850. The number of phosphoric acid groups is 2. The Labute approximate surface area is 537 Å². The summed E-state index contributed by atoms with van der Waals surface area (Å²) in [5.41, 5.74) is 0. The van der Waals surface area contributed by atoms with E-state index in [0.717, 1.165) is 161 Å². The molecule has 0 aromatic carbocycles. The van der Waals surface area contributed by atoms with Crippen LogP contribution in [0.15, 0.2) is 12.2 Å². The molecular formula is C66H128N2O19P2. The topological polar surface area (TPSA) is 297 Å². The number of nitrogens with one attached hydrogen (secondary N) is 2. The van der Waals surface area contributed by atoms with Gasteiger partial charge in [-0.25, -0.2) is 9.13 Å². The van der Waals surface area contributed by atoms with Crippen LogP contribution in [0.5, 0.6) is 0 Å². The average Bonchev–Trinajstić information content (AvgIpc) is 0.966. The first kappa shape index (κ1) is 83.8. The van der Waals surface area contributed by atoms with Crippen LogP contribution < -0.4 is 10.6 Å². The van der Waals surface area contributed by atoms with Crippen LogP contribution in [-0.2, 0) is 60.9 Å². The van der Waals surface area contributed by atoms with Crippen LogP contribution >= 0.6 is 15.6 Å². The van der Waals surface area contributed by atoms with Crippen LogP contribution in [0.2, 0.25) is 0 Å². The number of hydrogen-bond acceptors (Lipinski definition) is 16. The van der Waals surface area contributed by atoms with Crippen LogP contribution in [0, 0.1) is 0 Å². The Hall–Kier alpha value is -1.30. The highest BCUT2D eigenvalue weighted by Gasteiger charge is 2.53. The average molecular weight is 1320 g/mol. The van der Waals surface area contributed by atoms with Gasteiger partial charge in [0, 0.05) is 33.9 Å². The summed E-state index contributed by atoms with van der Waals surface area (Å²) in [5, 5.41) is 29.9. The molecule has 2 aliphatic heterocycles. The molecule has 0 spiro atoms. The van der Waals surface area contributed by atoms with Crippen LogP contribution in [0.3, 0.4) is 0 Å². The number of aliphatic hydroxyl groups is 2. The fourth-order valence-electron chi connectivity index (χ4n) is 11.8. The lowest BCUT2D eigenvalue weighted by atomic mass is 9.95. The monoisotopic (exact) mass is 1310 g/mol. The number of unbranched alkanes of at least 4 members (excludes halogenated alkanes) is 30. The molecule has 526 valence electrons. The molecule has 8 N–H and O–H groups in total. The lowest BCUT2D eigenvalue weighted by Gasteiger charge is -2.48. The molecule has 2 saturated heterocycles. The van der Waals surface area contributed by atoms with Gasteiger partial charge in [0.1, 0.15) is 54.7 Å². The third-order valence-electron chi connectivity index (χ3n) is 17.0. The summed E-state index contributed by atoms with van der Waals surface area (Å²) in [7, 11) is -7.63. The largest absolute Gasteiger partial charge is 0.472 e. The molecule has 0 aromatic heterocycles. The Morgan fingerprint density at radius 3 is 1.51 bits per heavy atom. The molecule has 89 heavy (non-hydrogen) atoms. The molecule has 12 atom stereocenters. The number of ketones is 1. The minimum absolute atomic E-state index is 0.0386. The molecule has 0 aromatic rings. The molecule has 1 amide bonds. The number of allylic oxidation sites excluding steroid dienone is 2. The van der Waals surface area contributed by atoms with Gasteiger partial charge < -0.3 is 68.3 Å². The highest BCUT2D eigenvalue weighted by molar-refractivity contribution is 7.46. The van der Waals surface area contributed by atoms with E-state index in [-0.39, 0.29) is 44.5 Å². The van der Waals surface area contributed by atoms with Crippen molar-refractivity contribution in [3.05, 3.63) is 12.2 Å². The van der Waals surface area contributed by atoms with E-state index in [0.29, 0.717) is 25.7 Å². The Kier molecular flexibility index (Phi) is 49.8. The van der Waals surface area contributed by atoms with Crippen LogP contribution in [-0.4, -0.2) is 156 Å². The van der Waals surface area contributed by atoms with E-state index < -0.39 is 102 Å². The maximum absolute atomic E-state index is 13.7. The van der Waals surface area contributed by atoms with E-state index in [4.69, 9.17) is 42.2 Å². The van der Waals surface area contributed by atoms with E-state index in [1.54, 1.807) is 7.11 Å². The van der Waals surface area contributed by atoms with Crippen molar-refractivity contribution >= 4 is 27.3 Å². The van der Waals surface area contributed by atoms with E-state index in [9.17, 15) is 48.5 Å². The molecule has 2 heterocycles. The first-order chi connectivity index (χ1) is 42.9. The highest BCUT2D eigenvalue weighted by Crippen LogP contribution is 2.44. The second-order valence-corrected chi connectivity index (χ2v) is 27.4. The third kappa shape index (κ3) is 41.3. The van der Waals surface area contributed by atoms with Crippen molar-refractivity contribution < 1.29 is 90.7 Å². The second-order valence-electron chi connectivity index (χ2n) is 25.0. The molecule has 0 radical (unpaired) electrons. The zero-order valence-electron chi connectivity index (χ0n) is 56.1. The smallest absolute Gasteiger partial charge is 0.388 e. The molecule has 2 aliphatic rings. The SMILES string of the molecule is CCCCCC/C=C\CCCCCCCCCC(O)NC1[C@H](OC[C@H]2O[C@H](OP(=O)(O)O)[C@H](NC(=O)CC(=O)CCCCCCCCCCC)[C@@H](OCCCCCCCCCC)C2O)O[C@H](COC)[C@@H](OP(=O)(O)O)[C@@H]1OCC[C@@H](CCCCCCC)OC. The number of rotatable bonds is 60. The number of aliphatic hydroxyl groups excluding tert-OH is 2. The van der Waals surface area contributed by atoms with E-state index in [2.05, 4.69) is 50.5 Å². The van der Waals surface area contributed by atoms with E-state index >= 15 is 0 Å². The first-order valence-electron chi connectivity index (χ1n) is 35.1.